The Kier molecular flexibility index (Phi) is 4.02. The van der Waals surface area contributed by atoms with Crippen molar-refractivity contribution in [3.63, 3.8) is 0 Å². The van der Waals surface area contributed by atoms with Gasteiger partial charge < -0.3 is 9.64 Å². The van der Waals surface area contributed by atoms with Gasteiger partial charge in [0.1, 0.15) is 12.4 Å². The fraction of sp³-hybridized carbons (Fsp3) is 0.529. The second-order valence-corrected chi connectivity index (χ2v) is 6.77. The third-order valence-corrected chi connectivity index (χ3v) is 5.02. The summed E-state index contributed by atoms with van der Waals surface area (Å²) in [5.74, 6) is 0.195. The van der Waals surface area contributed by atoms with E-state index >= 15 is 0 Å². The molecule has 1 fully saturated rings. The lowest BCUT2D eigenvalue weighted by molar-refractivity contribution is -0.149. The number of carbonyl (C=O) groups is 2. The van der Waals surface area contributed by atoms with Gasteiger partial charge in [-0.15, -0.1) is 0 Å². The van der Waals surface area contributed by atoms with Crippen LogP contribution in [0.3, 0.4) is 0 Å². The lowest BCUT2D eigenvalue weighted by Crippen LogP contribution is -2.49. The van der Waals surface area contributed by atoms with Crippen molar-refractivity contribution in [1.29, 1.82) is 0 Å². The van der Waals surface area contributed by atoms with Crippen LogP contribution >= 0.6 is 0 Å². The van der Waals surface area contributed by atoms with E-state index in [9.17, 15) is 9.59 Å². The molecule has 124 valence electrons. The summed E-state index contributed by atoms with van der Waals surface area (Å²) >= 11 is 0. The van der Waals surface area contributed by atoms with Crippen LogP contribution < -0.4 is 10.2 Å². The van der Waals surface area contributed by atoms with E-state index in [-0.39, 0.29) is 17.4 Å². The van der Waals surface area contributed by atoms with Crippen molar-refractivity contribution in [2.45, 2.75) is 45.7 Å². The highest BCUT2D eigenvalue weighted by atomic mass is 16.5. The second-order valence-electron chi connectivity index (χ2n) is 6.77. The summed E-state index contributed by atoms with van der Waals surface area (Å²) in [4.78, 5) is 26.3. The zero-order chi connectivity index (χ0) is 16.6. The highest BCUT2D eigenvalue weighted by molar-refractivity contribution is 5.94. The van der Waals surface area contributed by atoms with E-state index in [1.54, 1.807) is 23.7 Å². The molecule has 1 aromatic rings. The van der Waals surface area contributed by atoms with Gasteiger partial charge in [0.25, 0.3) is 5.91 Å². The molecule has 1 aromatic carbocycles. The van der Waals surface area contributed by atoms with Gasteiger partial charge in [0, 0.05) is 23.1 Å². The van der Waals surface area contributed by atoms with Crippen LogP contribution in [0.1, 0.15) is 49.0 Å². The van der Waals surface area contributed by atoms with Gasteiger partial charge in [0.15, 0.2) is 0 Å². The summed E-state index contributed by atoms with van der Waals surface area (Å²) in [7, 11) is 0. The van der Waals surface area contributed by atoms with Crippen molar-refractivity contribution in [2.24, 2.45) is 5.41 Å². The predicted molar refractivity (Wildman–Crippen MR) is 83.2 cm³/mol. The van der Waals surface area contributed by atoms with Crippen LogP contribution in [-0.4, -0.2) is 34.6 Å². The summed E-state index contributed by atoms with van der Waals surface area (Å²) in [5, 5.41) is 8.73. The summed E-state index contributed by atoms with van der Waals surface area (Å²) in [6.45, 7) is 4.88. The van der Waals surface area contributed by atoms with E-state index in [1.165, 1.54) is 0 Å². The summed E-state index contributed by atoms with van der Waals surface area (Å²) in [6.07, 6.45) is 2.99. The monoisotopic (exact) mass is 318 g/mol. The molecule has 6 nitrogen and oxygen atoms in total. The fourth-order valence-corrected chi connectivity index (χ4v) is 3.20. The molecule has 0 saturated heterocycles. The number of nitrogens with zero attached hydrogens (tertiary/aromatic N) is 1. The van der Waals surface area contributed by atoms with Gasteiger partial charge in [-0.25, -0.2) is 5.48 Å². The van der Waals surface area contributed by atoms with Crippen molar-refractivity contribution in [2.75, 3.05) is 6.61 Å². The zero-order valence-electron chi connectivity index (χ0n) is 13.5. The number of nitrogens with one attached hydrogen (secondary N) is 1. The van der Waals surface area contributed by atoms with Crippen LogP contribution in [0.4, 0.5) is 0 Å². The first-order valence-corrected chi connectivity index (χ1v) is 7.96. The molecule has 2 aliphatic rings. The van der Waals surface area contributed by atoms with Crippen LogP contribution in [0, 0.1) is 5.41 Å². The van der Waals surface area contributed by atoms with Gasteiger partial charge >= 0.3 is 0 Å². The smallest absolute Gasteiger partial charge is 0.274 e. The quantitative estimate of drug-likeness (QED) is 0.646. The molecule has 23 heavy (non-hydrogen) atoms. The maximum Gasteiger partial charge on any atom is 0.274 e. The highest BCUT2D eigenvalue weighted by Crippen LogP contribution is 2.43. The third-order valence-electron chi connectivity index (χ3n) is 5.02. The highest BCUT2D eigenvalue weighted by Gasteiger charge is 2.43. The molecule has 1 heterocycles. The van der Waals surface area contributed by atoms with Crippen LogP contribution in [-0.2, 0) is 11.3 Å². The van der Waals surface area contributed by atoms with Gasteiger partial charge in [0.05, 0.1) is 6.04 Å². The maximum absolute atomic E-state index is 12.9. The van der Waals surface area contributed by atoms with Crippen LogP contribution in [0.15, 0.2) is 18.2 Å². The SMILES string of the molecule is C[C@H]1COc2cc(C(=O)NO)ccc2CN1C(=O)C1(C)CCC1. The van der Waals surface area contributed by atoms with Crippen LogP contribution in [0.25, 0.3) is 0 Å². The van der Waals surface area contributed by atoms with Crippen LogP contribution in [0.2, 0.25) is 0 Å². The molecular weight excluding hydrogens is 296 g/mol. The molecule has 0 unspecified atom stereocenters. The number of amides is 2. The van der Waals surface area contributed by atoms with Crippen molar-refractivity contribution in [3.05, 3.63) is 29.3 Å². The molecule has 1 saturated carbocycles. The number of hydroxylamine groups is 1. The molecule has 1 aliphatic heterocycles. The summed E-state index contributed by atoms with van der Waals surface area (Å²) < 4.78 is 5.79. The molecule has 0 bridgehead atoms. The van der Waals surface area contributed by atoms with E-state index < -0.39 is 5.91 Å². The van der Waals surface area contributed by atoms with Crippen molar-refractivity contribution < 1.29 is 19.5 Å². The Morgan fingerprint density at radius 3 is 2.74 bits per heavy atom. The number of carbonyl (C=O) groups excluding carboxylic acids is 2. The van der Waals surface area contributed by atoms with Crippen molar-refractivity contribution in [3.8, 4) is 5.75 Å². The van der Waals surface area contributed by atoms with Gasteiger partial charge in [-0.1, -0.05) is 19.4 Å². The minimum absolute atomic E-state index is 0.0255. The second kappa shape index (κ2) is 5.85. The lowest BCUT2D eigenvalue weighted by atomic mass is 9.69. The van der Waals surface area contributed by atoms with E-state index in [0.29, 0.717) is 24.5 Å². The molecule has 2 amide bonds. The minimum Gasteiger partial charge on any atom is -0.491 e. The largest absolute Gasteiger partial charge is 0.491 e. The van der Waals surface area contributed by atoms with Gasteiger partial charge in [0.2, 0.25) is 5.91 Å². The van der Waals surface area contributed by atoms with E-state index in [1.807, 2.05) is 18.7 Å². The number of ether oxygens (including phenoxy) is 1. The molecule has 1 atom stereocenters. The minimum atomic E-state index is -0.580. The topological polar surface area (TPSA) is 78.9 Å². The van der Waals surface area contributed by atoms with Crippen molar-refractivity contribution in [1.82, 2.24) is 10.4 Å². The molecule has 1 aliphatic carbocycles. The normalized spacial score (nSPS) is 22.2. The van der Waals surface area contributed by atoms with E-state index in [4.69, 9.17) is 9.94 Å². The number of hydrogen-bond donors (Lipinski definition) is 2. The van der Waals surface area contributed by atoms with E-state index in [2.05, 4.69) is 0 Å². The van der Waals surface area contributed by atoms with Gasteiger partial charge in [-0.05, 0) is 31.9 Å². The lowest BCUT2D eigenvalue weighted by Gasteiger charge is -2.42. The molecule has 6 heteroatoms. The Morgan fingerprint density at radius 1 is 1.39 bits per heavy atom. The number of hydrogen-bond acceptors (Lipinski definition) is 4. The first-order chi connectivity index (χ1) is 10.9. The number of benzene rings is 1. The van der Waals surface area contributed by atoms with Gasteiger partial charge in [-0.3, -0.25) is 14.8 Å². The predicted octanol–water partition coefficient (Wildman–Crippen LogP) is 2.11. The Balaban J connectivity index is 1.86. The Hall–Kier alpha value is -2.08. The Morgan fingerprint density at radius 2 is 2.13 bits per heavy atom. The van der Waals surface area contributed by atoms with Gasteiger partial charge in [-0.2, -0.15) is 0 Å². The summed E-state index contributed by atoms with van der Waals surface area (Å²) in [6, 6.07) is 4.98. The molecule has 0 spiro atoms. The Bertz CT molecular complexity index is 639. The molecule has 2 N–H and O–H groups in total. The fourth-order valence-electron chi connectivity index (χ4n) is 3.20. The molecule has 3 rings (SSSR count). The standard InChI is InChI=1S/C17H22N2O4/c1-11-10-23-14-8-12(15(20)18-22)4-5-13(14)9-19(11)16(21)17(2)6-3-7-17/h4-5,8,11,22H,3,6-7,9-10H2,1-2H3,(H,18,20)/t11-/m0/s1. The zero-order valence-corrected chi connectivity index (χ0v) is 13.5. The molecule has 0 radical (unpaired) electrons. The first-order valence-electron chi connectivity index (χ1n) is 7.96. The Labute approximate surface area is 135 Å². The van der Waals surface area contributed by atoms with Crippen molar-refractivity contribution >= 4 is 11.8 Å². The number of fused-ring (bicyclic) bond motifs is 1. The van der Waals surface area contributed by atoms with Crippen LogP contribution in [0.5, 0.6) is 5.75 Å². The van der Waals surface area contributed by atoms with E-state index in [0.717, 1.165) is 24.8 Å². The maximum atomic E-state index is 12.9. The average molecular weight is 318 g/mol. The summed E-state index contributed by atoms with van der Waals surface area (Å²) in [5.41, 5.74) is 2.57. The average Bonchev–Trinajstić information content (AvgIpc) is 2.70. The first kappa shape index (κ1) is 15.8. The number of rotatable bonds is 2. The molecule has 0 aromatic heterocycles. The molecular formula is C17H22N2O4. The third kappa shape index (κ3) is 2.79.